The largest absolute Gasteiger partial charge is 0.466 e. The van der Waals surface area contributed by atoms with Crippen LogP contribution in [0.1, 0.15) is 55.9 Å². The summed E-state index contributed by atoms with van der Waals surface area (Å²) in [6.07, 6.45) is 0.205. The predicted molar refractivity (Wildman–Crippen MR) is 132 cm³/mol. The minimum atomic E-state index is -1.06. The third-order valence-electron chi connectivity index (χ3n) is 4.56. The first-order valence-corrected chi connectivity index (χ1v) is 10.2. The number of ether oxygens (including phenoxy) is 1. The van der Waals surface area contributed by atoms with Crippen molar-refractivity contribution in [2.75, 3.05) is 13.1 Å². The molecule has 0 spiro atoms. The summed E-state index contributed by atoms with van der Waals surface area (Å²) in [4.78, 5) is 4.66. The van der Waals surface area contributed by atoms with Crippen molar-refractivity contribution in [3.05, 3.63) is 58.5 Å². The molecule has 30 heavy (non-hydrogen) atoms. The molecule has 0 fully saturated rings. The van der Waals surface area contributed by atoms with Crippen molar-refractivity contribution >= 4 is 29.9 Å². The summed E-state index contributed by atoms with van der Waals surface area (Å²) in [6.45, 7) is 13.8. The van der Waals surface area contributed by atoms with Gasteiger partial charge in [0.1, 0.15) is 17.1 Å². The number of hydrogen-bond donors (Lipinski definition) is 3. The minimum absolute atomic E-state index is 0. The van der Waals surface area contributed by atoms with Crippen LogP contribution in [0.4, 0.5) is 0 Å². The number of halogens is 1. The van der Waals surface area contributed by atoms with Gasteiger partial charge in [-0.15, -0.1) is 24.0 Å². The molecule has 0 aliphatic carbocycles. The third kappa shape index (κ3) is 8.28. The molecule has 7 heteroatoms. The van der Waals surface area contributed by atoms with Crippen LogP contribution in [0.15, 0.2) is 39.7 Å². The number of aliphatic imine (C=N–C) groups is 1. The molecule has 0 aliphatic heterocycles. The summed E-state index contributed by atoms with van der Waals surface area (Å²) in [6, 6.07) is 10.1. The van der Waals surface area contributed by atoms with Crippen LogP contribution in [0.5, 0.6) is 0 Å². The lowest BCUT2D eigenvalue weighted by atomic mass is 9.96. The molecule has 0 saturated carbocycles. The number of rotatable bonds is 9. The molecule has 0 amide bonds. The highest BCUT2D eigenvalue weighted by Gasteiger charge is 2.27. The lowest BCUT2D eigenvalue weighted by Crippen LogP contribution is -2.44. The summed E-state index contributed by atoms with van der Waals surface area (Å²) < 4.78 is 11.2. The fourth-order valence-corrected chi connectivity index (χ4v) is 3.11. The van der Waals surface area contributed by atoms with Crippen LogP contribution in [-0.2, 0) is 23.5 Å². The second-order valence-electron chi connectivity index (χ2n) is 7.83. The Morgan fingerprint density at radius 1 is 1.20 bits per heavy atom. The number of aliphatic hydroxyl groups is 1. The molecular formula is C23H36IN3O3. The molecule has 3 N–H and O–H groups in total. The fraction of sp³-hybridized carbons (Fsp3) is 0.522. The van der Waals surface area contributed by atoms with Gasteiger partial charge in [0.15, 0.2) is 5.96 Å². The van der Waals surface area contributed by atoms with E-state index in [0.29, 0.717) is 25.7 Å². The Labute approximate surface area is 197 Å². The molecule has 0 saturated heterocycles. The number of benzene rings is 1. The Morgan fingerprint density at radius 3 is 2.50 bits per heavy atom. The molecule has 1 heterocycles. The van der Waals surface area contributed by atoms with E-state index in [1.165, 1.54) is 0 Å². The van der Waals surface area contributed by atoms with Crippen LogP contribution in [0.3, 0.4) is 0 Å². The molecule has 6 nitrogen and oxygen atoms in total. The first-order valence-electron chi connectivity index (χ1n) is 10.2. The zero-order chi connectivity index (χ0) is 21.4. The average Bonchev–Trinajstić information content (AvgIpc) is 3.02. The van der Waals surface area contributed by atoms with Gasteiger partial charge in [-0.2, -0.15) is 0 Å². The van der Waals surface area contributed by atoms with E-state index in [1.807, 2.05) is 46.8 Å². The first kappa shape index (κ1) is 26.5. The van der Waals surface area contributed by atoms with Crippen molar-refractivity contribution < 1.29 is 14.3 Å². The standard InChI is InChI=1S/C23H35N3O3.HI/c1-7-24-22(26-15-23(6,27)21-11-17(4)29-18(21)5)25-13-19-9-8-10-20(12-19)14-28-16(2)3;/h8-12,16,27H,7,13-15H2,1-6H3,(H2,24,25,26);1H. The maximum Gasteiger partial charge on any atom is 0.191 e. The number of guanidine groups is 1. The van der Waals surface area contributed by atoms with E-state index in [1.54, 1.807) is 6.92 Å². The Balaban J connectivity index is 0.00000450. The van der Waals surface area contributed by atoms with Crippen molar-refractivity contribution in [2.24, 2.45) is 4.99 Å². The van der Waals surface area contributed by atoms with Crippen LogP contribution in [0.2, 0.25) is 0 Å². The summed E-state index contributed by atoms with van der Waals surface area (Å²) in [7, 11) is 0. The SMILES string of the molecule is CCNC(=NCc1cccc(COC(C)C)c1)NCC(C)(O)c1cc(C)oc1C.I. The van der Waals surface area contributed by atoms with Gasteiger partial charge in [0.25, 0.3) is 0 Å². The molecule has 1 aromatic heterocycles. The van der Waals surface area contributed by atoms with Crippen molar-refractivity contribution in [1.29, 1.82) is 0 Å². The van der Waals surface area contributed by atoms with Gasteiger partial charge in [-0.1, -0.05) is 24.3 Å². The Bertz CT molecular complexity index is 816. The van der Waals surface area contributed by atoms with Crippen molar-refractivity contribution in [1.82, 2.24) is 10.6 Å². The minimum Gasteiger partial charge on any atom is -0.466 e. The normalized spacial score (nSPS) is 13.7. The number of nitrogens with zero attached hydrogens (tertiary/aromatic N) is 1. The third-order valence-corrected chi connectivity index (χ3v) is 4.56. The smallest absolute Gasteiger partial charge is 0.191 e. The second kappa shape index (κ2) is 12.3. The highest BCUT2D eigenvalue weighted by Crippen LogP contribution is 2.26. The highest BCUT2D eigenvalue weighted by atomic mass is 127. The van der Waals surface area contributed by atoms with E-state index in [0.717, 1.165) is 34.8 Å². The molecule has 0 bridgehead atoms. The van der Waals surface area contributed by atoms with E-state index in [4.69, 9.17) is 9.15 Å². The first-order chi connectivity index (χ1) is 13.7. The van der Waals surface area contributed by atoms with Gasteiger partial charge in [-0.3, -0.25) is 0 Å². The number of nitrogens with one attached hydrogen (secondary N) is 2. The van der Waals surface area contributed by atoms with E-state index in [2.05, 4.69) is 33.8 Å². The average molecular weight is 529 g/mol. The fourth-order valence-electron chi connectivity index (χ4n) is 3.11. The molecule has 2 aromatic rings. The van der Waals surface area contributed by atoms with Crippen molar-refractivity contribution in [3.8, 4) is 0 Å². The van der Waals surface area contributed by atoms with Gasteiger partial charge < -0.3 is 24.9 Å². The maximum atomic E-state index is 10.9. The van der Waals surface area contributed by atoms with Gasteiger partial charge in [0.2, 0.25) is 0 Å². The summed E-state index contributed by atoms with van der Waals surface area (Å²) in [5, 5.41) is 17.4. The van der Waals surface area contributed by atoms with Crippen LogP contribution < -0.4 is 10.6 Å². The maximum absolute atomic E-state index is 10.9. The monoisotopic (exact) mass is 529 g/mol. The Hall–Kier alpha value is -1.58. The molecular weight excluding hydrogens is 493 g/mol. The van der Waals surface area contributed by atoms with Gasteiger partial charge in [0, 0.05) is 12.1 Å². The van der Waals surface area contributed by atoms with Gasteiger partial charge >= 0.3 is 0 Å². The van der Waals surface area contributed by atoms with Crippen LogP contribution in [0, 0.1) is 13.8 Å². The highest BCUT2D eigenvalue weighted by molar-refractivity contribution is 14.0. The topological polar surface area (TPSA) is 79.0 Å². The predicted octanol–water partition coefficient (Wildman–Crippen LogP) is 4.40. The summed E-state index contributed by atoms with van der Waals surface area (Å²) >= 11 is 0. The zero-order valence-electron chi connectivity index (χ0n) is 18.9. The number of hydrogen-bond acceptors (Lipinski definition) is 4. The molecule has 2 rings (SSSR count). The van der Waals surface area contributed by atoms with Crippen LogP contribution in [-0.4, -0.2) is 30.3 Å². The lowest BCUT2D eigenvalue weighted by Gasteiger charge is -2.24. The van der Waals surface area contributed by atoms with E-state index in [-0.39, 0.29) is 30.1 Å². The van der Waals surface area contributed by atoms with Crippen LogP contribution >= 0.6 is 24.0 Å². The quantitative estimate of drug-likeness (QED) is 0.255. The summed E-state index contributed by atoms with van der Waals surface area (Å²) in [5.74, 6) is 2.19. The van der Waals surface area contributed by atoms with E-state index >= 15 is 0 Å². The van der Waals surface area contributed by atoms with Crippen molar-refractivity contribution in [3.63, 3.8) is 0 Å². The summed E-state index contributed by atoms with van der Waals surface area (Å²) in [5.41, 5.74) is 1.97. The molecule has 1 unspecified atom stereocenters. The molecule has 0 aliphatic rings. The number of furan rings is 1. The van der Waals surface area contributed by atoms with Gasteiger partial charge in [0.05, 0.1) is 25.8 Å². The van der Waals surface area contributed by atoms with Gasteiger partial charge in [-0.25, -0.2) is 4.99 Å². The molecule has 1 atom stereocenters. The van der Waals surface area contributed by atoms with Crippen LogP contribution in [0.25, 0.3) is 0 Å². The van der Waals surface area contributed by atoms with Crippen molar-refractivity contribution in [2.45, 2.75) is 66.4 Å². The molecule has 168 valence electrons. The van der Waals surface area contributed by atoms with E-state index in [9.17, 15) is 5.11 Å². The van der Waals surface area contributed by atoms with Gasteiger partial charge in [-0.05, 0) is 58.7 Å². The number of aryl methyl sites for hydroxylation is 2. The zero-order valence-corrected chi connectivity index (χ0v) is 21.2. The Kier molecular flexibility index (Phi) is 10.9. The Morgan fingerprint density at radius 2 is 1.90 bits per heavy atom. The van der Waals surface area contributed by atoms with E-state index < -0.39 is 5.60 Å². The molecule has 1 aromatic carbocycles. The lowest BCUT2D eigenvalue weighted by molar-refractivity contribution is 0.0601. The second-order valence-corrected chi connectivity index (χ2v) is 7.83. The molecule has 0 radical (unpaired) electrons.